The number of phenols is 1. The summed E-state index contributed by atoms with van der Waals surface area (Å²) in [6, 6.07) is 7.14. The van der Waals surface area contributed by atoms with Gasteiger partial charge in [0.05, 0.1) is 7.11 Å². The van der Waals surface area contributed by atoms with E-state index < -0.39 is 0 Å². The molecule has 88 valence electrons. The van der Waals surface area contributed by atoms with E-state index in [4.69, 9.17) is 0 Å². The van der Waals surface area contributed by atoms with Crippen LogP contribution in [0.5, 0.6) is 5.75 Å². The average Bonchev–Trinajstić information content (AvgIpc) is 2.26. The number of esters is 1. The molecular formula is C13H18O3. The summed E-state index contributed by atoms with van der Waals surface area (Å²) in [6.45, 7) is 4.09. The topological polar surface area (TPSA) is 46.5 Å². The molecule has 0 radical (unpaired) electrons. The monoisotopic (exact) mass is 222 g/mol. The molecule has 0 heterocycles. The number of carbonyl (C=O) groups excluding carboxylic acids is 1. The first-order valence-corrected chi connectivity index (χ1v) is 5.32. The van der Waals surface area contributed by atoms with Crippen molar-refractivity contribution < 1.29 is 14.6 Å². The van der Waals surface area contributed by atoms with E-state index in [9.17, 15) is 9.90 Å². The largest absolute Gasteiger partial charge is 0.508 e. The number of ether oxygens (including phenoxy) is 1. The van der Waals surface area contributed by atoms with Crippen LogP contribution in [0, 0.1) is 0 Å². The highest BCUT2D eigenvalue weighted by molar-refractivity contribution is 5.69. The van der Waals surface area contributed by atoms with Gasteiger partial charge in [-0.15, -0.1) is 0 Å². The maximum atomic E-state index is 11.1. The molecule has 0 fully saturated rings. The fraction of sp³-hybridized carbons (Fsp3) is 0.462. The second kappa shape index (κ2) is 5.01. The Bertz CT molecular complexity index is 369. The molecule has 0 unspecified atom stereocenters. The normalized spacial score (nSPS) is 11.2. The van der Waals surface area contributed by atoms with E-state index in [2.05, 4.69) is 4.74 Å². The standard InChI is InChI=1S/C13H18O3/c1-13(2,8-7-12(15)16-3)10-5-4-6-11(14)9-10/h4-6,9,14H,7-8H2,1-3H3. The molecule has 0 atom stereocenters. The first-order valence-electron chi connectivity index (χ1n) is 5.32. The van der Waals surface area contributed by atoms with Crippen LogP contribution in [0.25, 0.3) is 0 Å². The Hall–Kier alpha value is -1.51. The summed E-state index contributed by atoms with van der Waals surface area (Å²) in [6.07, 6.45) is 1.09. The zero-order valence-electron chi connectivity index (χ0n) is 9.99. The van der Waals surface area contributed by atoms with E-state index in [0.29, 0.717) is 12.8 Å². The summed E-state index contributed by atoms with van der Waals surface area (Å²) < 4.78 is 4.62. The molecule has 0 saturated carbocycles. The van der Waals surface area contributed by atoms with Crippen LogP contribution in [0.3, 0.4) is 0 Å². The third kappa shape index (κ3) is 3.26. The molecule has 0 aliphatic heterocycles. The number of phenolic OH excluding ortho intramolecular Hbond substituents is 1. The first kappa shape index (κ1) is 12.6. The smallest absolute Gasteiger partial charge is 0.305 e. The molecule has 0 spiro atoms. The van der Waals surface area contributed by atoms with Crippen molar-refractivity contribution in [1.29, 1.82) is 0 Å². The minimum Gasteiger partial charge on any atom is -0.508 e. The third-order valence-corrected chi connectivity index (χ3v) is 2.81. The minimum absolute atomic E-state index is 0.146. The van der Waals surface area contributed by atoms with Gasteiger partial charge in [0.1, 0.15) is 5.75 Å². The van der Waals surface area contributed by atoms with Gasteiger partial charge < -0.3 is 9.84 Å². The van der Waals surface area contributed by atoms with Crippen LogP contribution in [0.15, 0.2) is 24.3 Å². The van der Waals surface area contributed by atoms with E-state index >= 15 is 0 Å². The number of benzene rings is 1. The molecule has 0 saturated heterocycles. The summed E-state index contributed by atoms with van der Waals surface area (Å²) in [7, 11) is 1.39. The van der Waals surface area contributed by atoms with Gasteiger partial charge in [0, 0.05) is 6.42 Å². The van der Waals surface area contributed by atoms with Crippen molar-refractivity contribution in [1.82, 2.24) is 0 Å². The van der Waals surface area contributed by atoms with Crippen molar-refractivity contribution in [2.45, 2.75) is 32.1 Å². The van der Waals surface area contributed by atoms with Crippen LogP contribution in [0.4, 0.5) is 0 Å². The maximum Gasteiger partial charge on any atom is 0.305 e. The maximum absolute atomic E-state index is 11.1. The SMILES string of the molecule is COC(=O)CCC(C)(C)c1cccc(O)c1. The van der Waals surface area contributed by atoms with E-state index in [1.807, 2.05) is 26.0 Å². The van der Waals surface area contributed by atoms with Gasteiger partial charge in [-0.05, 0) is 29.5 Å². The Kier molecular flexibility index (Phi) is 3.93. The van der Waals surface area contributed by atoms with Crippen molar-refractivity contribution in [3.63, 3.8) is 0 Å². The fourth-order valence-electron chi connectivity index (χ4n) is 1.59. The van der Waals surface area contributed by atoms with Crippen LogP contribution in [0.2, 0.25) is 0 Å². The van der Waals surface area contributed by atoms with Crippen LogP contribution in [-0.4, -0.2) is 18.2 Å². The number of hydrogen-bond acceptors (Lipinski definition) is 3. The Labute approximate surface area is 96.1 Å². The van der Waals surface area contributed by atoms with E-state index in [-0.39, 0.29) is 17.1 Å². The number of methoxy groups -OCH3 is 1. The highest BCUT2D eigenvalue weighted by Crippen LogP contribution is 2.30. The summed E-state index contributed by atoms with van der Waals surface area (Å²) >= 11 is 0. The molecule has 0 aliphatic carbocycles. The van der Waals surface area contributed by atoms with Gasteiger partial charge in [-0.25, -0.2) is 0 Å². The fourth-order valence-corrected chi connectivity index (χ4v) is 1.59. The minimum atomic E-state index is -0.201. The number of hydrogen-bond donors (Lipinski definition) is 1. The molecule has 1 rings (SSSR count). The molecule has 1 aromatic carbocycles. The lowest BCUT2D eigenvalue weighted by atomic mass is 9.80. The average molecular weight is 222 g/mol. The van der Waals surface area contributed by atoms with Crippen molar-refractivity contribution >= 4 is 5.97 Å². The Morgan fingerprint density at radius 1 is 1.44 bits per heavy atom. The van der Waals surface area contributed by atoms with Crippen molar-refractivity contribution in [2.24, 2.45) is 0 Å². The van der Waals surface area contributed by atoms with Crippen LogP contribution in [-0.2, 0) is 14.9 Å². The van der Waals surface area contributed by atoms with Crippen molar-refractivity contribution in [3.8, 4) is 5.75 Å². The van der Waals surface area contributed by atoms with Gasteiger partial charge in [0.2, 0.25) is 0 Å². The molecular weight excluding hydrogens is 204 g/mol. The molecule has 0 bridgehead atoms. The first-order chi connectivity index (χ1) is 7.45. The molecule has 1 N–H and O–H groups in total. The molecule has 3 heteroatoms. The molecule has 0 aliphatic rings. The Morgan fingerprint density at radius 3 is 2.69 bits per heavy atom. The van der Waals surface area contributed by atoms with Gasteiger partial charge in [0.25, 0.3) is 0 Å². The zero-order valence-corrected chi connectivity index (χ0v) is 9.99. The zero-order chi connectivity index (χ0) is 12.2. The van der Waals surface area contributed by atoms with Gasteiger partial charge in [0.15, 0.2) is 0 Å². The lowest BCUT2D eigenvalue weighted by Crippen LogP contribution is -2.19. The summed E-state index contributed by atoms with van der Waals surface area (Å²) in [5.41, 5.74) is 0.879. The third-order valence-electron chi connectivity index (χ3n) is 2.81. The number of rotatable bonds is 4. The summed E-state index contributed by atoms with van der Waals surface area (Å²) in [5, 5.41) is 9.41. The van der Waals surface area contributed by atoms with Gasteiger partial charge in [-0.2, -0.15) is 0 Å². The van der Waals surface area contributed by atoms with Crippen LogP contribution < -0.4 is 0 Å². The van der Waals surface area contributed by atoms with Crippen molar-refractivity contribution in [2.75, 3.05) is 7.11 Å². The van der Waals surface area contributed by atoms with Crippen molar-refractivity contribution in [3.05, 3.63) is 29.8 Å². The van der Waals surface area contributed by atoms with Gasteiger partial charge >= 0.3 is 5.97 Å². The van der Waals surface area contributed by atoms with Gasteiger partial charge in [-0.3, -0.25) is 4.79 Å². The van der Waals surface area contributed by atoms with Crippen LogP contribution >= 0.6 is 0 Å². The quantitative estimate of drug-likeness (QED) is 0.796. The highest BCUT2D eigenvalue weighted by Gasteiger charge is 2.22. The number of aromatic hydroxyl groups is 1. The summed E-state index contributed by atoms with van der Waals surface area (Å²) in [5.74, 6) is 0.0527. The van der Waals surface area contributed by atoms with E-state index in [1.54, 1.807) is 12.1 Å². The molecule has 3 nitrogen and oxygen atoms in total. The Morgan fingerprint density at radius 2 is 2.12 bits per heavy atom. The van der Waals surface area contributed by atoms with E-state index in [1.165, 1.54) is 7.11 Å². The highest BCUT2D eigenvalue weighted by atomic mass is 16.5. The molecule has 1 aromatic rings. The lowest BCUT2D eigenvalue weighted by Gasteiger charge is -2.24. The van der Waals surface area contributed by atoms with Crippen LogP contribution in [0.1, 0.15) is 32.3 Å². The molecule has 0 amide bonds. The second-order valence-electron chi connectivity index (χ2n) is 4.51. The predicted molar refractivity (Wildman–Crippen MR) is 62.4 cm³/mol. The molecule has 16 heavy (non-hydrogen) atoms. The second-order valence-corrected chi connectivity index (χ2v) is 4.51. The predicted octanol–water partition coefficient (Wildman–Crippen LogP) is 2.62. The Balaban J connectivity index is 2.73. The van der Waals surface area contributed by atoms with Gasteiger partial charge in [-0.1, -0.05) is 26.0 Å². The summed E-state index contributed by atoms with van der Waals surface area (Å²) in [4.78, 5) is 11.1. The lowest BCUT2D eigenvalue weighted by molar-refractivity contribution is -0.141. The molecule has 0 aromatic heterocycles. The van der Waals surface area contributed by atoms with E-state index in [0.717, 1.165) is 5.56 Å². The number of carbonyl (C=O) groups is 1.